The summed E-state index contributed by atoms with van der Waals surface area (Å²) in [4.78, 5) is 31.1. The zero-order chi connectivity index (χ0) is 23.0. The molecule has 1 amide bonds. The number of H-pyrrole nitrogens is 1. The molecule has 0 spiro atoms. The molecule has 1 aliphatic heterocycles. The Balaban J connectivity index is 0.000000305. The summed E-state index contributed by atoms with van der Waals surface area (Å²) in [7, 11) is 1.64. The Labute approximate surface area is 188 Å². The summed E-state index contributed by atoms with van der Waals surface area (Å²) >= 11 is 1.27. The number of amides is 1. The van der Waals surface area contributed by atoms with Gasteiger partial charge in [0.1, 0.15) is 29.5 Å². The molecule has 0 unspecified atom stereocenters. The number of hydrogen-bond acceptors (Lipinski definition) is 8. The maximum Gasteiger partial charge on any atom is 0.275 e. The number of aliphatic imine (C=N–C) groups is 1. The highest BCUT2D eigenvalue weighted by molar-refractivity contribution is 8.16. The summed E-state index contributed by atoms with van der Waals surface area (Å²) in [6.07, 6.45) is 9.49. The Morgan fingerprint density at radius 3 is 2.81 bits per heavy atom. The third kappa shape index (κ3) is 5.99. The van der Waals surface area contributed by atoms with Gasteiger partial charge in [-0.3, -0.25) is 9.78 Å². The van der Waals surface area contributed by atoms with Gasteiger partial charge in [0.25, 0.3) is 5.91 Å². The fourth-order valence-electron chi connectivity index (χ4n) is 2.79. The molecule has 2 aromatic heterocycles. The molecule has 166 valence electrons. The molecular formula is C21H22FN7O2S. The van der Waals surface area contributed by atoms with E-state index in [4.69, 9.17) is 10.5 Å². The van der Waals surface area contributed by atoms with Crippen molar-refractivity contribution < 1.29 is 13.9 Å². The average molecular weight is 456 g/mol. The molecule has 3 heterocycles. The van der Waals surface area contributed by atoms with Crippen molar-refractivity contribution in [3.63, 3.8) is 0 Å². The van der Waals surface area contributed by atoms with Crippen LogP contribution >= 0.6 is 11.8 Å². The fourth-order valence-corrected chi connectivity index (χ4v) is 3.51. The van der Waals surface area contributed by atoms with Crippen LogP contribution in [0.4, 0.5) is 10.1 Å². The zero-order valence-electron chi connectivity index (χ0n) is 17.4. The summed E-state index contributed by atoms with van der Waals surface area (Å²) in [5, 5.41) is 4.80. The minimum absolute atomic E-state index is 0.172. The van der Waals surface area contributed by atoms with Crippen molar-refractivity contribution >= 4 is 28.5 Å². The van der Waals surface area contributed by atoms with Crippen molar-refractivity contribution in [1.82, 2.24) is 19.9 Å². The topological polar surface area (TPSA) is 131 Å². The lowest BCUT2D eigenvalue weighted by Gasteiger charge is -2.26. The number of carbonyl (C=O) groups excluding carboxylic acids is 1. The van der Waals surface area contributed by atoms with E-state index in [2.05, 4.69) is 30.2 Å². The number of rotatable bonds is 5. The summed E-state index contributed by atoms with van der Waals surface area (Å²) in [6.45, 7) is 2.32. The second kappa shape index (κ2) is 10.6. The van der Waals surface area contributed by atoms with Gasteiger partial charge in [-0.05, 0) is 36.6 Å². The highest BCUT2D eigenvalue weighted by Gasteiger charge is 2.29. The number of aromatic amines is 1. The third-order valence-corrected chi connectivity index (χ3v) is 4.93. The first-order valence-electron chi connectivity index (χ1n) is 9.45. The summed E-state index contributed by atoms with van der Waals surface area (Å²) in [5.41, 5.74) is 5.75. The van der Waals surface area contributed by atoms with Crippen LogP contribution in [0.2, 0.25) is 0 Å². The van der Waals surface area contributed by atoms with E-state index in [9.17, 15) is 9.18 Å². The number of benzene rings is 1. The number of halogens is 1. The van der Waals surface area contributed by atoms with E-state index in [0.717, 1.165) is 5.82 Å². The van der Waals surface area contributed by atoms with E-state index in [0.29, 0.717) is 23.0 Å². The SMILES string of the molecule is COCc1ncc[nH]1.C[C@@]1(c2cc(NC(=O)c3cnccn3)ccc2F)C=CSC(N)=N1. The Kier molecular flexibility index (Phi) is 7.68. The number of aromatic nitrogens is 4. The number of amidine groups is 1. The van der Waals surface area contributed by atoms with Gasteiger partial charge in [0.05, 0.1) is 6.20 Å². The lowest BCUT2D eigenvalue weighted by molar-refractivity contribution is 0.102. The normalized spacial score (nSPS) is 17.2. The third-order valence-electron chi connectivity index (χ3n) is 4.33. The smallest absolute Gasteiger partial charge is 0.275 e. The molecule has 9 nitrogen and oxygen atoms in total. The van der Waals surface area contributed by atoms with Crippen LogP contribution in [0.1, 0.15) is 28.8 Å². The predicted molar refractivity (Wildman–Crippen MR) is 121 cm³/mol. The van der Waals surface area contributed by atoms with Crippen molar-refractivity contribution in [3.05, 3.63) is 83.6 Å². The molecule has 1 atom stereocenters. The Morgan fingerprint density at radius 1 is 1.31 bits per heavy atom. The molecule has 0 saturated carbocycles. The largest absolute Gasteiger partial charge is 0.378 e. The maximum atomic E-state index is 14.3. The number of imidazole rings is 1. The van der Waals surface area contributed by atoms with E-state index in [-0.39, 0.29) is 5.69 Å². The standard InChI is InChI=1S/C16H14FN5OS.C5H8N2O/c1-16(4-7-24-15(18)22-16)11-8-10(2-3-12(11)17)21-14(23)13-9-19-5-6-20-13;1-8-4-5-6-2-3-7-5/h2-9H,1H3,(H2,18,22)(H,21,23);2-3H,4H2,1H3,(H,6,7)/t16-;/m0./s1. The zero-order valence-corrected chi connectivity index (χ0v) is 18.3. The molecule has 0 radical (unpaired) electrons. The minimum atomic E-state index is -0.924. The first kappa shape index (κ1) is 23.1. The van der Waals surface area contributed by atoms with Gasteiger partial charge < -0.3 is 20.8 Å². The summed E-state index contributed by atoms with van der Waals surface area (Å²) in [5.74, 6) is 0.0131. The average Bonchev–Trinajstić information content (AvgIpc) is 3.29. The van der Waals surface area contributed by atoms with Gasteiger partial charge in [0.15, 0.2) is 5.17 Å². The van der Waals surface area contributed by atoms with Gasteiger partial charge in [0, 0.05) is 43.1 Å². The monoisotopic (exact) mass is 455 g/mol. The van der Waals surface area contributed by atoms with Crippen LogP contribution in [0, 0.1) is 5.82 Å². The van der Waals surface area contributed by atoms with Gasteiger partial charge in [-0.25, -0.2) is 19.4 Å². The van der Waals surface area contributed by atoms with Gasteiger partial charge in [0.2, 0.25) is 0 Å². The van der Waals surface area contributed by atoms with Crippen LogP contribution in [0.15, 0.2) is 65.7 Å². The van der Waals surface area contributed by atoms with Gasteiger partial charge in [-0.2, -0.15) is 0 Å². The molecule has 0 fully saturated rings. The summed E-state index contributed by atoms with van der Waals surface area (Å²) < 4.78 is 19.1. The van der Waals surface area contributed by atoms with E-state index in [1.807, 2.05) is 0 Å². The van der Waals surface area contributed by atoms with Crippen molar-refractivity contribution in [1.29, 1.82) is 0 Å². The quantitative estimate of drug-likeness (QED) is 0.538. The number of methoxy groups -OCH3 is 1. The number of nitrogens with two attached hydrogens (primary N) is 1. The second-order valence-corrected chi connectivity index (χ2v) is 7.65. The predicted octanol–water partition coefficient (Wildman–Crippen LogP) is 3.21. The van der Waals surface area contributed by atoms with Crippen LogP contribution in [0.25, 0.3) is 0 Å². The maximum absolute atomic E-state index is 14.3. The number of nitrogens with zero attached hydrogens (tertiary/aromatic N) is 4. The van der Waals surface area contributed by atoms with Crippen LogP contribution in [-0.2, 0) is 16.9 Å². The van der Waals surface area contributed by atoms with Crippen LogP contribution < -0.4 is 11.1 Å². The number of carbonyl (C=O) groups is 1. The van der Waals surface area contributed by atoms with Gasteiger partial charge in [-0.15, -0.1) is 0 Å². The van der Waals surface area contributed by atoms with Crippen molar-refractivity contribution in [2.45, 2.75) is 19.1 Å². The lowest BCUT2D eigenvalue weighted by Crippen LogP contribution is -2.25. The molecule has 1 aliphatic rings. The number of anilines is 1. The van der Waals surface area contributed by atoms with Crippen LogP contribution in [0.3, 0.4) is 0 Å². The first-order chi connectivity index (χ1) is 15.4. The molecule has 0 bridgehead atoms. The van der Waals surface area contributed by atoms with Crippen molar-refractivity contribution in [3.8, 4) is 0 Å². The summed E-state index contributed by atoms with van der Waals surface area (Å²) in [6, 6.07) is 4.31. The highest BCUT2D eigenvalue weighted by atomic mass is 32.2. The first-order valence-corrected chi connectivity index (χ1v) is 10.3. The van der Waals surface area contributed by atoms with Crippen molar-refractivity contribution in [2.24, 2.45) is 10.7 Å². The lowest BCUT2D eigenvalue weighted by atomic mass is 9.92. The molecular weight excluding hydrogens is 433 g/mol. The Bertz CT molecular complexity index is 1110. The Morgan fingerprint density at radius 2 is 2.16 bits per heavy atom. The fraction of sp³-hybridized carbons (Fsp3) is 0.190. The molecule has 32 heavy (non-hydrogen) atoms. The van der Waals surface area contributed by atoms with Crippen LogP contribution in [0.5, 0.6) is 0 Å². The molecule has 3 aromatic rings. The molecule has 1 aromatic carbocycles. The number of thioether (sulfide) groups is 1. The molecule has 0 saturated heterocycles. The van der Waals surface area contributed by atoms with E-state index < -0.39 is 17.3 Å². The molecule has 11 heteroatoms. The molecule has 4 rings (SSSR count). The van der Waals surface area contributed by atoms with Gasteiger partial charge in [-0.1, -0.05) is 11.8 Å². The number of nitrogens with one attached hydrogen (secondary N) is 2. The van der Waals surface area contributed by atoms with E-state index in [1.54, 1.807) is 44.0 Å². The number of ether oxygens (including phenoxy) is 1. The Hall–Kier alpha value is -3.57. The van der Waals surface area contributed by atoms with Crippen molar-refractivity contribution in [2.75, 3.05) is 12.4 Å². The molecule has 0 aliphatic carbocycles. The minimum Gasteiger partial charge on any atom is -0.378 e. The number of hydrogen-bond donors (Lipinski definition) is 3. The van der Waals surface area contributed by atoms with E-state index in [1.165, 1.54) is 42.5 Å². The molecule has 4 N–H and O–H groups in total. The van der Waals surface area contributed by atoms with E-state index >= 15 is 0 Å². The highest BCUT2D eigenvalue weighted by Crippen LogP contribution is 2.35. The van der Waals surface area contributed by atoms with Gasteiger partial charge >= 0.3 is 0 Å². The van der Waals surface area contributed by atoms with Crippen LogP contribution in [-0.4, -0.2) is 38.1 Å². The second-order valence-electron chi connectivity index (χ2n) is 6.73.